The highest BCUT2D eigenvalue weighted by Crippen LogP contribution is 2.22. The number of carbonyl (C=O) groups excluding carboxylic acids is 1. The number of imidazole rings is 1. The molecule has 120 valence electrons. The van der Waals surface area contributed by atoms with Gasteiger partial charge in [-0.25, -0.2) is 9.78 Å². The molecule has 2 aromatic heterocycles. The van der Waals surface area contributed by atoms with Crippen molar-refractivity contribution in [3.05, 3.63) is 54.3 Å². The average Bonchev–Trinajstić information content (AvgIpc) is 3.09. The molecule has 0 aliphatic carbocycles. The van der Waals surface area contributed by atoms with Crippen LogP contribution in [0, 0.1) is 0 Å². The third kappa shape index (κ3) is 3.36. The number of ether oxygens (including phenoxy) is 1. The van der Waals surface area contributed by atoms with Gasteiger partial charge in [-0.2, -0.15) is 13.2 Å². The van der Waals surface area contributed by atoms with E-state index in [1.165, 1.54) is 18.7 Å². The van der Waals surface area contributed by atoms with Gasteiger partial charge in [0.25, 0.3) is 0 Å². The molecule has 23 heavy (non-hydrogen) atoms. The number of carbonyl (C=O) groups is 1. The quantitative estimate of drug-likeness (QED) is 0.689. The molecule has 0 saturated heterocycles. The summed E-state index contributed by atoms with van der Waals surface area (Å²) in [7, 11) is 0. The molecule has 1 aromatic carbocycles. The third-order valence-corrected chi connectivity index (χ3v) is 3.18. The molecule has 0 aliphatic heterocycles. The zero-order valence-corrected chi connectivity index (χ0v) is 11.7. The van der Waals surface area contributed by atoms with E-state index in [1.807, 2.05) is 0 Å². The first-order valence-corrected chi connectivity index (χ1v) is 6.64. The summed E-state index contributed by atoms with van der Waals surface area (Å²) < 4.78 is 48.4. The molecule has 0 spiro atoms. The van der Waals surface area contributed by atoms with Crippen molar-refractivity contribution in [3.63, 3.8) is 0 Å². The Labute approximate surface area is 128 Å². The van der Waals surface area contributed by atoms with Gasteiger partial charge in [-0.1, -0.05) is 18.2 Å². The summed E-state index contributed by atoms with van der Waals surface area (Å²) in [5, 5.41) is 0.580. The minimum Gasteiger partial charge on any atom is -0.463 e. The predicted molar refractivity (Wildman–Crippen MR) is 73.6 cm³/mol. The number of para-hydroxylation sites is 1. The van der Waals surface area contributed by atoms with Crippen molar-refractivity contribution >= 4 is 16.9 Å². The fourth-order valence-electron chi connectivity index (χ4n) is 2.16. The van der Waals surface area contributed by atoms with E-state index in [4.69, 9.17) is 9.15 Å². The van der Waals surface area contributed by atoms with Crippen LogP contribution in [0.25, 0.3) is 11.0 Å². The van der Waals surface area contributed by atoms with Crippen LogP contribution in [0.4, 0.5) is 13.2 Å². The van der Waals surface area contributed by atoms with Gasteiger partial charge in [-0.15, -0.1) is 0 Å². The SMILES string of the molecule is O=C(OCc1nccn1CC(F)(F)F)c1coc2ccccc12. The van der Waals surface area contributed by atoms with Gasteiger partial charge in [0.05, 0.1) is 0 Å². The summed E-state index contributed by atoms with van der Waals surface area (Å²) in [4.78, 5) is 15.8. The van der Waals surface area contributed by atoms with Crippen LogP contribution in [0.5, 0.6) is 0 Å². The molecule has 0 bridgehead atoms. The van der Waals surface area contributed by atoms with Crippen LogP contribution >= 0.6 is 0 Å². The molecule has 8 heteroatoms. The molecule has 0 aliphatic rings. The van der Waals surface area contributed by atoms with Crippen LogP contribution < -0.4 is 0 Å². The molecule has 0 saturated carbocycles. The van der Waals surface area contributed by atoms with Crippen molar-refractivity contribution in [2.45, 2.75) is 19.3 Å². The number of aromatic nitrogens is 2. The molecule has 0 N–H and O–H groups in total. The minimum absolute atomic E-state index is 0.0171. The topological polar surface area (TPSA) is 57.3 Å². The minimum atomic E-state index is -4.37. The lowest BCUT2D eigenvalue weighted by Crippen LogP contribution is -2.19. The summed E-state index contributed by atoms with van der Waals surface area (Å²) in [6, 6.07) is 6.89. The Morgan fingerprint density at radius 2 is 2.09 bits per heavy atom. The number of alkyl halides is 3. The molecule has 0 radical (unpaired) electrons. The molecule has 2 heterocycles. The van der Waals surface area contributed by atoms with Crippen molar-refractivity contribution < 1.29 is 27.1 Å². The Kier molecular flexibility index (Phi) is 3.81. The van der Waals surface area contributed by atoms with Gasteiger partial charge in [0, 0.05) is 17.8 Å². The molecule has 0 unspecified atom stereocenters. The first kappa shape index (κ1) is 15.1. The van der Waals surface area contributed by atoms with Crippen LogP contribution in [0.1, 0.15) is 16.2 Å². The maximum absolute atomic E-state index is 12.4. The zero-order valence-electron chi connectivity index (χ0n) is 11.7. The van der Waals surface area contributed by atoms with Crippen molar-refractivity contribution in [2.75, 3.05) is 0 Å². The first-order chi connectivity index (χ1) is 10.9. The number of esters is 1. The number of hydrogen-bond acceptors (Lipinski definition) is 4. The van der Waals surface area contributed by atoms with Crippen LogP contribution in [0.15, 0.2) is 47.3 Å². The Balaban J connectivity index is 1.72. The van der Waals surface area contributed by atoms with Gasteiger partial charge in [0.2, 0.25) is 0 Å². The van der Waals surface area contributed by atoms with Crippen molar-refractivity contribution in [1.29, 1.82) is 0 Å². The molecule has 0 amide bonds. The van der Waals surface area contributed by atoms with E-state index >= 15 is 0 Å². The molecular weight excluding hydrogens is 313 g/mol. The number of halogens is 3. The number of fused-ring (bicyclic) bond motifs is 1. The maximum Gasteiger partial charge on any atom is 0.406 e. The fraction of sp³-hybridized carbons (Fsp3) is 0.200. The van der Waals surface area contributed by atoms with Crippen molar-refractivity contribution in [2.24, 2.45) is 0 Å². The second-order valence-electron chi connectivity index (χ2n) is 4.81. The normalized spacial score (nSPS) is 11.8. The highest BCUT2D eigenvalue weighted by Gasteiger charge is 2.29. The largest absolute Gasteiger partial charge is 0.463 e. The van der Waals surface area contributed by atoms with Crippen LogP contribution in [0.2, 0.25) is 0 Å². The van der Waals surface area contributed by atoms with Crippen LogP contribution in [0.3, 0.4) is 0 Å². The van der Waals surface area contributed by atoms with Gasteiger partial charge in [-0.05, 0) is 6.07 Å². The van der Waals surface area contributed by atoms with Crippen molar-refractivity contribution in [3.8, 4) is 0 Å². The summed E-state index contributed by atoms with van der Waals surface area (Å²) in [5.41, 5.74) is 0.743. The standard InChI is InChI=1S/C15H11F3N2O3/c16-15(17,18)9-20-6-5-19-13(20)8-23-14(21)11-7-22-12-4-2-1-3-10(11)12/h1-7H,8-9H2. The van der Waals surface area contributed by atoms with Gasteiger partial charge < -0.3 is 13.7 Å². The maximum atomic E-state index is 12.4. The summed E-state index contributed by atoms with van der Waals surface area (Å²) in [6.07, 6.45) is -0.707. The van der Waals surface area contributed by atoms with E-state index in [1.54, 1.807) is 24.3 Å². The van der Waals surface area contributed by atoms with Gasteiger partial charge in [0.15, 0.2) is 0 Å². The van der Waals surface area contributed by atoms with Crippen LogP contribution in [-0.2, 0) is 17.9 Å². The highest BCUT2D eigenvalue weighted by atomic mass is 19.4. The second kappa shape index (κ2) is 5.79. The van der Waals surface area contributed by atoms with E-state index in [9.17, 15) is 18.0 Å². The Morgan fingerprint density at radius 3 is 2.87 bits per heavy atom. The number of nitrogens with zero attached hydrogens (tertiary/aromatic N) is 2. The number of rotatable bonds is 4. The third-order valence-electron chi connectivity index (χ3n) is 3.18. The lowest BCUT2D eigenvalue weighted by Gasteiger charge is -2.10. The smallest absolute Gasteiger partial charge is 0.406 e. The highest BCUT2D eigenvalue weighted by molar-refractivity contribution is 6.03. The van der Waals surface area contributed by atoms with Gasteiger partial charge in [-0.3, -0.25) is 0 Å². The fourth-order valence-corrected chi connectivity index (χ4v) is 2.16. The average molecular weight is 324 g/mol. The van der Waals surface area contributed by atoms with E-state index in [-0.39, 0.29) is 18.0 Å². The molecular formula is C15H11F3N2O3. The Morgan fingerprint density at radius 1 is 1.30 bits per heavy atom. The number of benzene rings is 1. The predicted octanol–water partition coefficient (Wildman–Crippen LogP) is 3.55. The zero-order chi connectivity index (χ0) is 16.4. The molecule has 0 atom stereocenters. The number of hydrogen-bond donors (Lipinski definition) is 0. The first-order valence-electron chi connectivity index (χ1n) is 6.64. The van der Waals surface area contributed by atoms with E-state index in [0.717, 1.165) is 4.57 Å². The Hall–Kier alpha value is -2.77. The second-order valence-corrected chi connectivity index (χ2v) is 4.81. The summed E-state index contributed by atoms with van der Waals surface area (Å²) in [5.74, 6) is -0.667. The Bertz CT molecular complexity index is 836. The van der Waals surface area contributed by atoms with Gasteiger partial charge in [0.1, 0.15) is 36.4 Å². The molecule has 3 aromatic rings. The molecule has 0 fully saturated rings. The van der Waals surface area contributed by atoms with E-state index in [2.05, 4.69) is 4.98 Å². The van der Waals surface area contributed by atoms with Crippen LogP contribution in [-0.4, -0.2) is 21.7 Å². The van der Waals surface area contributed by atoms with Gasteiger partial charge >= 0.3 is 12.1 Å². The monoisotopic (exact) mass is 324 g/mol. The molecule has 3 rings (SSSR count). The summed E-state index contributed by atoms with van der Waals surface area (Å²) >= 11 is 0. The summed E-state index contributed by atoms with van der Waals surface area (Å²) in [6.45, 7) is -1.55. The molecule has 5 nitrogen and oxygen atoms in total. The number of furan rings is 1. The van der Waals surface area contributed by atoms with E-state index in [0.29, 0.717) is 11.0 Å². The van der Waals surface area contributed by atoms with Crippen molar-refractivity contribution in [1.82, 2.24) is 9.55 Å². The lowest BCUT2D eigenvalue weighted by molar-refractivity contribution is -0.141. The van der Waals surface area contributed by atoms with E-state index < -0.39 is 18.7 Å². The lowest BCUT2D eigenvalue weighted by atomic mass is 10.2.